The second-order valence-corrected chi connectivity index (χ2v) is 13.5. The van der Waals surface area contributed by atoms with Crippen LogP contribution in [0.2, 0.25) is 0 Å². The van der Waals surface area contributed by atoms with E-state index in [0.29, 0.717) is 114 Å². The summed E-state index contributed by atoms with van der Waals surface area (Å²) in [5.41, 5.74) is 1.64. The molecule has 8 nitrogen and oxygen atoms in total. The van der Waals surface area contributed by atoms with Crippen molar-refractivity contribution < 1.29 is 28.7 Å². The predicted molar refractivity (Wildman–Crippen MR) is 201 cm³/mol. The maximum absolute atomic E-state index is 14.3. The molecule has 0 atom stereocenters. The number of para-hydroxylation sites is 2. The Kier molecular flexibility index (Phi) is 7.43. The standard InChI is InChI=1S/C44H34N2O6/c1-3-5-21-45-41(47)29-19-17-27-38-34(52-26-15-11-8-12-16-26)24-32-36-30(42(48)46(44(32)50)22-6-4-2)20-18-28(40(36)38)37-33(51-25-13-9-7-10-14-25)23-31(43(45)49)35(29)39(27)37/h7-20,23-24H,3-6,21-22H2,1-2H3. The highest BCUT2D eigenvalue weighted by Gasteiger charge is 2.38. The van der Waals surface area contributed by atoms with Gasteiger partial charge in [0.25, 0.3) is 23.6 Å². The fourth-order valence-corrected chi connectivity index (χ4v) is 7.92. The molecule has 0 saturated carbocycles. The third kappa shape index (κ3) is 4.60. The molecule has 9 rings (SSSR count). The van der Waals surface area contributed by atoms with Gasteiger partial charge in [-0.2, -0.15) is 0 Å². The molecule has 256 valence electrons. The molecule has 2 aliphatic rings. The van der Waals surface area contributed by atoms with Crippen LogP contribution in [0.3, 0.4) is 0 Å². The summed E-state index contributed by atoms with van der Waals surface area (Å²) < 4.78 is 13.3. The number of carbonyl (C=O) groups excluding carboxylic acids is 4. The van der Waals surface area contributed by atoms with E-state index in [1.807, 2.05) is 86.6 Å². The van der Waals surface area contributed by atoms with Crippen LogP contribution in [0.1, 0.15) is 81.0 Å². The van der Waals surface area contributed by atoms with Crippen molar-refractivity contribution in [3.63, 3.8) is 0 Å². The second-order valence-electron chi connectivity index (χ2n) is 13.5. The zero-order valence-corrected chi connectivity index (χ0v) is 28.8. The number of amides is 4. The summed E-state index contributed by atoms with van der Waals surface area (Å²) >= 11 is 0. The maximum Gasteiger partial charge on any atom is 0.261 e. The van der Waals surface area contributed by atoms with E-state index < -0.39 is 0 Å². The van der Waals surface area contributed by atoms with Gasteiger partial charge >= 0.3 is 0 Å². The van der Waals surface area contributed by atoms with Crippen molar-refractivity contribution in [2.45, 2.75) is 39.5 Å². The van der Waals surface area contributed by atoms with Gasteiger partial charge in [0.2, 0.25) is 0 Å². The molecule has 0 aliphatic carbocycles. The molecule has 0 aromatic heterocycles. The van der Waals surface area contributed by atoms with Gasteiger partial charge in [0.1, 0.15) is 23.0 Å². The van der Waals surface area contributed by atoms with Crippen molar-refractivity contribution >= 4 is 66.7 Å². The number of nitrogens with zero attached hydrogens (tertiary/aromatic N) is 2. The van der Waals surface area contributed by atoms with Gasteiger partial charge in [-0.05, 0) is 72.1 Å². The Bertz CT molecular complexity index is 2450. The van der Waals surface area contributed by atoms with Crippen LogP contribution in [0.4, 0.5) is 0 Å². The Morgan fingerprint density at radius 2 is 0.827 bits per heavy atom. The van der Waals surface area contributed by atoms with Gasteiger partial charge in [-0.1, -0.05) is 75.2 Å². The van der Waals surface area contributed by atoms with E-state index in [1.54, 1.807) is 24.3 Å². The van der Waals surface area contributed by atoms with E-state index in [4.69, 9.17) is 9.47 Å². The van der Waals surface area contributed by atoms with Crippen LogP contribution >= 0.6 is 0 Å². The van der Waals surface area contributed by atoms with Crippen molar-refractivity contribution in [1.82, 2.24) is 9.80 Å². The molecule has 7 aromatic carbocycles. The molecule has 0 saturated heterocycles. The molecule has 2 heterocycles. The molecule has 52 heavy (non-hydrogen) atoms. The Balaban J connectivity index is 1.45. The van der Waals surface area contributed by atoms with Crippen LogP contribution in [0.5, 0.6) is 23.0 Å². The largest absolute Gasteiger partial charge is 0.457 e. The van der Waals surface area contributed by atoms with E-state index in [1.165, 1.54) is 9.80 Å². The molecule has 2 aliphatic heterocycles. The van der Waals surface area contributed by atoms with Crippen LogP contribution in [-0.4, -0.2) is 46.5 Å². The van der Waals surface area contributed by atoms with Crippen LogP contribution in [0, 0.1) is 0 Å². The lowest BCUT2D eigenvalue weighted by molar-refractivity contribution is 0.0593. The highest BCUT2D eigenvalue weighted by molar-refractivity contribution is 6.43. The smallest absolute Gasteiger partial charge is 0.261 e. The molecular weight excluding hydrogens is 652 g/mol. The lowest BCUT2D eigenvalue weighted by Gasteiger charge is -2.31. The average Bonchev–Trinajstić information content (AvgIpc) is 3.16. The van der Waals surface area contributed by atoms with E-state index in [2.05, 4.69) is 0 Å². The van der Waals surface area contributed by atoms with Gasteiger partial charge in [0.15, 0.2) is 0 Å². The summed E-state index contributed by atoms with van der Waals surface area (Å²) in [6.07, 6.45) is 3.03. The Hall–Kier alpha value is -6.28. The lowest BCUT2D eigenvalue weighted by Crippen LogP contribution is -2.41. The number of unbranched alkanes of at least 4 members (excludes halogenated alkanes) is 2. The number of carbonyl (C=O) groups is 4. The molecule has 0 bridgehead atoms. The number of ether oxygens (including phenoxy) is 2. The molecule has 0 unspecified atom stereocenters. The molecule has 0 spiro atoms. The molecular formula is C44H34N2O6. The minimum Gasteiger partial charge on any atom is -0.457 e. The first-order valence-corrected chi connectivity index (χ1v) is 17.9. The quantitative estimate of drug-likeness (QED) is 0.0808. The van der Waals surface area contributed by atoms with Crippen LogP contribution in [-0.2, 0) is 0 Å². The third-order valence-corrected chi connectivity index (χ3v) is 10.3. The number of hydrogen-bond donors (Lipinski definition) is 0. The number of imide groups is 2. The summed E-state index contributed by atoms with van der Waals surface area (Å²) in [6.45, 7) is 4.68. The monoisotopic (exact) mass is 686 g/mol. The number of fused-ring (bicyclic) bond motifs is 2. The SMILES string of the molecule is CCCCN1C(=O)c2ccc3c4c(Oc5ccccc5)cc5c6c(ccc(c7c(Oc8ccccc8)cc(c2c37)C1=O)c64)C(=O)N(CCCC)C5=O. The van der Waals surface area contributed by atoms with E-state index in [0.717, 1.165) is 12.8 Å². The molecule has 4 amide bonds. The zero-order chi connectivity index (χ0) is 35.7. The molecule has 0 radical (unpaired) electrons. The minimum absolute atomic E-state index is 0.313. The van der Waals surface area contributed by atoms with Gasteiger partial charge in [0, 0.05) is 56.5 Å². The van der Waals surface area contributed by atoms with Gasteiger partial charge in [0.05, 0.1) is 11.1 Å². The minimum atomic E-state index is -0.368. The van der Waals surface area contributed by atoms with Crippen molar-refractivity contribution in [2.75, 3.05) is 13.1 Å². The Labute approximate surface area is 299 Å². The topological polar surface area (TPSA) is 93.2 Å². The fourth-order valence-electron chi connectivity index (χ4n) is 7.92. The van der Waals surface area contributed by atoms with Crippen LogP contribution in [0.15, 0.2) is 97.1 Å². The summed E-state index contributed by atoms with van der Waals surface area (Å²) in [6, 6.07) is 29.5. The summed E-state index contributed by atoms with van der Waals surface area (Å²) in [4.78, 5) is 59.3. The average molecular weight is 687 g/mol. The van der Waals surface area contributed by atoms with Gasteiger partial charge in [-0.25, -0.2) is 0 Å². The molecule has 0 N–H and O–H groups in total. The number of hydrogen-bond acceptors (Lipinski definition) is 6. The van der Waals surface area contributed by atoms with Crippen molar-refractivity contribution in [1.29, 1.82) is 0 Å². The van der Waals surface area contributed by atoms with Gasteiger partial charge in [-0.15, -0.1) is 0 Å². The predicted octanol–water partition coefficient (Wildman–Crippen LogP) is 10.1. The molecule has 0 fully saturated rings. The highest BCUT2D eigenvalue weighted by Crippen LogP contribution is 2.52. The Morgan fingerprint density at radius 1 is 0.442 bits per heavy atom. The summed E-state index contributed by atoms with van der Waals surface area (Å²) in [5, 5.41) is 5.26. The summed E-state index contributed by atoms with van der Waals surface area (Å²) in [7, 11) is 0. The van der Waals surface area contributed by atoms with Crippen molar-refractivity contribution in [3.05, 3.63) is 119 Å². The maximum atomic E-state index is 14.3. The molecule has 8 heteroatoms. The highest BCUT2D eigenvalue weighted by atomic mass is 16.5. The van der Waals surface area contributed by atoms with Crippen molar-refractivity contribution in [2.24, 2.45) is 0 Å². The molecule has 7 aromatic rings. The zero-order valence-electron chi connectivity index (χ0n) is 28.8. The van der Waals surface area contributed by atoms with E-state index >= 15 is 0 Å². The Morgan fingerprint density at radius 3 is 1.21 bits per heavy atom. The second kappa shape index (κ2) is 12.2. The van der Waals surface area contributed by atoms with E-state index in [9.17, 15) is 19.2 Å². The number of rotatable bonds is 10. The first-order valence-electron chi connectivity index (χ1n) is 17.9. The first kappa shape index (κ1) is 31.7. The fraction of sp³-hybridized carbons (Fsp3) is 0.182. The third-order valence-electron chi connectivity index (χ3n) is 10.3. The van der Waals surface area contributed by atoms with Crippen LogP contribution < -0.4 is 9.47 Å². The van der Waals surface area contributed by atoms with Crippen molar-refractivity contribution in [3.8, 4) is 23.0 Å². The van der Waals surface area contributed by atoms with Gasteiger partial charge < -0.3 is 9.47 Å². The number of benzene rings is 7. The first-order chi connectivity index (χ1) is 25.4. The van der Waals surface area contributed by atoms with Gasteiger partial charge in [-0.3, -0.25) is 29.0 Å². The summed E-state index contributed by atoms with van der Waals surface area (Å²) in [5.74, 6) is 0.605. The normalized spacial score (nSPS) is 14.1. The van der Waals surface area contributed by atoms with Crippen LogP contribution in [0.25, 0.3) is 43.1 Å². The lowest BCUT2D eigenvalue weighted by atomic mass is 9.81. The van der Waals surface area contributed by atoms with E-state index in [-0.39, 0.29) is 23.6 Å².